The third-order valence-electron chi connectivity index (χ3n) is 4.84. The van der Waals surface area contributed by atoms with Gasteiger partial charge in [0.1, 0.15) is 6.04 Å². The molecule has 1 aliphatic rings. The van der Waals surface area contributed by atoms with Crippen molar-refractivity contribution in [3.63, 3.8) is 0 Å². The first-order chi connectivity index (χ1) is 10.6. The molecule has 1 atom stereocenters. The Hall–Kier alpha value is -1.41. The maximum Gasteiger partial charge on any atom is 0.123 e. The topological polar surface area (TPSA) is 50.5 Å². The number of nitriles is 1. The zero-order valence-corrected chi connectivity index (χ0v) is 13.7. The molecule has 0 radical (unpaired) electrons. The molecular formula is C18H27N3O. The highest BCUT2D eigenvalue weighted by molar-refractivity contribution is 5.24. The van der Waals surface area contributed by atoms with Crippen molar-refractivity contribution in [1.82, 2.24) is 9.80 Å². The number of rotatable bonds is 6. The molecule has 1 fully saturated rings. The van der Waals surface area contributed by atoms with Gasteiger partial charge in [-0.3, -0.25) is 9.80 Å². The number of hydrogen-bond acceptors (Lipinski definition) is 4. The summed E-state index contributed by atoms with van der Waals surface area (Å²) < 4.78 is 0. The SMILES string of the molecule is CCC(O)(CC)CN1CCN(C(C#N)c2ccccc2)CC1. The zero-order valence-electron chi connectivity index (χ0n) is 13.7. The molecule has 1 heterocycles. The molecule has 0 saturated carbocycles. The van der Waals surface area contributed by atoms with Gasteiger partial charge in [-0.2, -0.15) is 5.26 Å². The molecule has 120 valence electrons. The van der Waals surface area contributed by atoms with Crippen LogP contribution in [0.15, 0.2) is 30.3 Å². The lowest BCUT2D eigenvalue weighted by Crippen LogP contribution is -2.52. The quantitative estimate of drug-likeness (QED) is 0.877. The summed E-state index contributed by atoms with van der Waals surface area (Å²) in [6.45, 7) is 8.38. The molecule has 1 aromatic rings. The average Bonchev–Trinajstić information content (AvgIpc) is 2.58. The lowest BCUT2D eigenvalue weighted by atomic mass is 9.96. The number of benzene rings is 1. The van der Waals surface area contributed by atoms with Crippen LogP contribution in [0.3, 0.4) is 0 Å². The van der Waals surface area contributed by atoms with E-state index in [0.717, 1.165) is 51.1 Å². The second kappa shape index (κ2) is 7.73. The van der Waals surface area contributed by atoms with Crippen molar-refractivity contribution in [2.45, 2.75) is 38.3 Å². The highest BCUT2D eigenvalue weighted by Gasteiger charge is 2.30. The van der Waals surface area contributed by atoms with E-state index < -0.39 is 5.60 Å². The number of nitrogens with zero attached hydrogens (tertiary/aromatic N) is 3. The number of aliphatic hydroxyl groups is 1. The van der Waals surface area contributed by atoms with Crippen molar-refractivity contribution in [3.8, 4) is 6.07 Å². The Kier molecular flexibility index (Phi) is 5.96. The predicted octanol–water partition coefficient (Wildman–Crippen LogP) is 2.42. The van der Waals surface area contributed by atoms with E-state index in [-0.39, 0.29) is 6.04 Å². The number of piperazine rings is 1. The minimum Gasteiger partial charge on any atom is -0.389 e. The maximum absolute atomic E-state index is 10.5. The highest BCUT2D eigenvalue weighted by Crippen LogP contribution is 2.23. The van der Waals surface area contributed by atoms with Crippen molar-refractivity contribution >= 4 is 0 Å². The van der Waals surface area contributed by atoms with Gasteiger partial charge < -0.3 is 5.11 Å². The van der Waals surface area contributed by atoms with Gasteiger partial charge in [-0.25, -0.2) is 0 Å². The Bertz CT molecular complexity index is 485. The van der Waals surface area contributed by atoms with Gasteiger partial charge in [-0.1, -0.05) is 44.2 Å². The minimum absolute atomic E-state index is 0.167. The first kappa shape index (κ1) is 17.0. The fourth-order valence-corrected chi connectivity index (χ4v) is 3.07. The summed E-state index contributed by atoms with van der Waals surface area (Å²) in [7, 11) is 0. The van der Waals surface area contributed by atoms with Gasteiger partial charge in [0.2, 0.25) is 0 Å². The molecule has 22 heavy (non-hydrogen) atoms. The Morgan fingerprint density at radius 2 is 1.73 bits per heavy atom. The predicted molar refractivity (Wildman–Crippen MR) is 88.3 cm³/mol. The number of β-amino-alcohol motifs (C(OH)–C–C–N with tert-alkyl or cyclic N) is 1. The summed E-state index contributed by atoms with van der Waals surface area (Å²) in [6, 6.07) is 12.3. The highest BCUT2D eigenvalue weighted by atomic mass is 16.3. The van der Waals surface area contributed by atoms with Gasteiger partial charge in [-0.05, 0) is 18.4 Å². The Morgan fingerprint density at radius 3 is 2.23 bits per heavy atom. The molecule has 2 rings (SSSR count). The zero-order chi connectivity index (χ0) is 16.0. The van der Waals surface area contributed by atoms with E-state index in [1.165, 1.54) is 0 Å². The van der Waals surface area contributed by atoms with Crippen molar-refractivity contribution in [1.29, 1.82) is 5.26 Å². The third-order valence-corrected chi connectivity index (χ3v) is 4.84. The van der Waals surface area contributed by atoms with Crippen LogP contribution >= 0.6 is 0 Å². The van der Waals surface area contributed by atoms with E-state index in [1.807, 2.05) is 44.2 Å². The summed E-state index contributed by atoms with van der Waals surface area (Å²) >= 11 is 0. The first-order valence-corrected chi connectivity index (χ1v) is 8.25. The summed E-state index contributed by atoms with van der Waals surface area (Å²) in [5.41, 5.74) is 0.494. The molecule has 1 N–H and O–H groups in total. The second-order valence-electron chi connectivity index (χ2n) is 6.19. The summed E-state index contributed by atoms with van der Waals surface area (Å²) in [5, 5.41) is 20.0. The smallest absolute Gasteiger partial charge is 0.123 e. The van der Waals surface area contributed by atoms with E-state index >= 15 is 0 Å². The monoisotopic (exact) mass is 301 g/mol. The van der Waals surface area contributed by atoms with Crippen LogP contribution in [-0.2, 0) is 0 Å². The minimum atomic E-state index is -0.573. The molecule has 4 nitrogen and oxygen atoms in total. The van der Waals surface area contributed by atoms with Gasteiger partial charge in [-0.15, -0.1) is 0 Å². The van der Waals surface area contributed by atoms with Crippen LogP contribution in [0.25, 0.3) is 0 Å². The standard InChI is InChI=1S/C18H27N3O/c1-3-18(22,4-2)15-20-10-12-21(13-11-20)17(14-19)16-8-6-5-7-9-16/h5-9,17,22H,3-4,10-13,15H2,1-2H3. The molecule has 4 heteroatoms. The van der Waals surface area contributed by atoms with E-state index in [2.05, 4.69) is 15.9 Å². The lowest BCUT2D eigenvalue weighted by molar-refractivity contribution is -0.0175. The molecular weight excluding hydrogens is 274 g/mol. The normalized spacial score (nSPS) is 18.8. The van der Waals surface area contributed by atoms with Crippen LogP contribution in [0, 0.1) is 11.3 Å². The Labute approximate surface area is 134 Å². The fourth-order valence-electron chi connectivity index (χ4n) is 3.07. The van der Waals surface area contributed by atoms with Gasteiger partial charge in [0, 0.05) is 32.7 Å². The molecule has 1 unspecified atom stereocenters. The van der Waals surface area contributed by atoms with E-state index in [1.54, 1.807) is 0 Å². The van der Waals surface area contributed by atoms with Crippen LogP contribution in [0.1, 0.15) is 38.3 Å². The first-order valence-electron chi connectivity index (χ1n) is 8.25. The van der Waals surface area contributed by atoms with Crippen LogP contribution in [0.4, 0.5) is 0 Å². The van der Waals surface area contributed by atoms with Crippen LogP contribution in [0.2, 0.25) is 0 Å². The molecule has 0 aromatic heterocycles. The molecule has 1 aliphatic heterocycles. The van der Waals surface area contributed by atoms with Crippen molar-refractivity contribution in [2.24, 2.45) is 0 Å². The van der Waals surface area contributed by atoms with Gasteiger partial charge in [0.25, 0.3) is 0 Å². The van der Waals surface area contributed by atoms with Crippen LogP contribution in [-0.4, -0.2) is 53.2 Å². The molecule has 1 saturated heterocycles. The van der Waals surface area contributed by atoms with Gasteiger partial charge >= 0.3 is 0 Å². The van der Waals surface area contributed by atoms with Gasteiger partial charge in [0.05, 0.1) is 11.7 Å². The van der Waals surface area contributed by atoms with Crippen molar-refractivity contribution < 1.29 is 5.11 Å². The molecule has 0 bridgehead atoms. The summed E-state index contributed by atoms with van der Waals surface area (Å²) in [4.78, 5) is 4.56. The lowest BCUT2D eigenvalue weighted by Gasteiger charge is -2.40. The molecule has 1 aromatic carbocycles. The van der Waals surface area contributed by atoms with Crippen molar-refractivity contribution in [3.05, 3.63) is 35.9 Å². The largest absolute Gasteiger partial charge is 0.389 e. The van der Waals surface area contributed by atoms with E-state index in [9.17, 15) is 10.4 Å². The fraction of sp³-hybridized carbons (Fsp3) is 0.611. The molecule has 0 aliphatic carbocycles. The molecule has 0 spiro atoms. The average molecular weight is 301 g/mol. The van der Waals surface area contributed by atoms with E-state index in [4.69, 9.17) is 0 Å². The molecule has 0 amide bonds. The second-order valence-corrected chi connectivity index (χ2v) is 6.19. The van der Waals surface area contributed by atoms with Crippen molar-refractivity contribution in [2.75, 3.05) is 32.7 Å². The van der Waals surface area contributed by atoms with Crippen LogP contribution in [0.5, 0.6) is 0 Å². The van der Waals surface area contributed by atoms with Gasteiger partial charge in [0.15, 0.2) is 0 Å². The summed E-state index contributed by atoms with van der Waals surface area (Å²) in [5.74, 6) is 0. The van der Waals surface area contributed by atoms with E-state index in [0.29, 0.717) is 0 Å². The van der Waals surface area contributed by atoms with Crippen LogP contribution < -0.4 is 0 Å². The summed E-state index contributed by atoms with van der Waals surface area (Å²) in [6.07, 6.45) is 1.57. The Balaban J connectivity index is 1.93. The maximum atomic E-state index is 10.5. The Morgan fingerprint density at radius 1 is 1.14 bits per heavy atom. The number of hydrogen-bond donors (Lipinski definition) is 1. The third kappa shape index (κ3) is 4.07.